The van der Waals surface area contributed by atoms with Gasteiger partial charge in [0.1, 0.15) is 5.60 Å². The molecule has 2 unspecified atom stereocenters. The lowest BCUT2D eigenvalue weighted by Gasteiger charge is -2.26. The minimum Gasteiger partial charge on any atom is -0.444 e. The zero-order chi connectivity index (χ0) is 14.8. The molecule has 20 heavy (non-hydrogen) atoms. The van der Waals surface area contributed by atoms with Crippen LogP contribution in [0.4, 0.5) is 4.79 Å². The van der Waals surface area contributed by atoms with Crippen LogP contribution in [0, 0.1) is 5.92 Å². The number of nitrogens with one attached hydrogen (secondary N) is 1. The standard InChI is InChI=1S/C16H30N2O2/c1-12(13-7-8-13)17-14-6-5-10-18(11-9-14)15(19)20-16(2,3)4/h12-14,17H,5-11H2,1-4H3. The van der Waals surface area contributed by atoms with E-state index in [1.807, 2.05) is 25.7 Å². The molecule has 0 spiro atoms. The third-order valence-electron chi connectivity index (χ3n) is 4.21. The number of likely N-dealkylation sites (tertiary alicyclic amines) is 1. The van der Waals surface area contributed by atoms with E-state index in [0.717, 1.165) is 38.3 Å². The maximum absolute atomic E-state index is 12.1. The normalized spacial score (nSPS) is 26.0. The van der Waals surface area contributed by atoms with E-state index in [2.05, 4.69) is 12.2 Å². The Morgan fingerprint density at radius 2 is 1.90 bits per heavy atom. The van der Waals surface area contributed by atoms with Crippen LogP contribution in [0.2, 0.25) is 0 Å². The highest BCUT2D eigenvalue weighted by Gasteiger charge is 2.30. The summed E-state index contributed by atoms with van der Waals surface area (Å²) < 4.78 is 5.46. The van der Waals surface area contributed by atoms with Gasteiger partial charge in [-0.25, -0.2) is 4.79 Å². The Kier molecular flexibility index (Phi) is 4.95. The first-order valence-corrected chi connectivity index (χ1v) is 8.09. The van der Waals surface area contributed by atoms with E-state index in [9.17, 15) is 4.79 Å². The highest BCUT2D eigenvalue weighted by molar-refractivity contribution is 5.68. The van der Waals surface area contributed by atoms with Crippen LogP contribution in [0.3, 0.4) is 0 Å². The van der Waals surface area contributed by atoms with Gasteiger partial charge in [0, 0.05) is 25.2 Å². The van der Waals surface area contributed by atoms with Crippen molar-refractivity contribution in [1.29, 1.82) is 0 Å². The van der Waals surface area contributed by atoms with Crippen LogP contribution < -0.4 is 5.32 Å². The summed E-state index contributed by atoms with van der Waals surface area (Å²) in [5, 5.41) is 3.75. The first-order valence-electron chi connectivity index (χ1n) is 8.09. The van der Waals surface area contributed by atoms with E-state index in [-0.39, 0.29) is 6.09 Å². The largest absolute Gasteiger partial charge is 0.444 e. The number of hydrogen-bond acceptors (Lipinski definition) is 3. The molecule has 0 aromatic heterocycles. The molecule has 2 fully saturated rings. The summed E-state index contributed by atoms with van der Waals surface area (Å²) in [6.07, 6.45) is 5.87. The first kappa shape index (κ1) is 15.6. The Hall–Kier alpha value is -0.770. The molecule has 0 bridgehead atoms. The molecular weight excluding hydrogens is 252 g/mol. The van der Waals surface area contributed by atoms with Crippen molar-refractivity contribution in [1.82, 2.24) is 10.2 Å². The molecule has 4 heteroatoms. The smallest absolute Gasteiger partial charge is 0.410 e. The lowest BCUT2D eigenvalue weighted by molar-refractivity contribution is 0.0256. The quantitative estimate of drug-likeness (QED) is 0.864. The number of carbonyl (C=O) groups is 1. The summed E-state index contributed by atoms with van der Waals surface area (Å²) >= 11 is 0. The number of ether oxygens (including phenoxy) is 1. The SMILES string of the molecule is CC(NC1CCCN(C(=O)OC(C)(C)C)CC1)C1CC1. The summed E-state index contributed by atoms with van der Waals surface area (Å²) in [7, 11) is 0. The van der Waals surface area contributed by atoms with Gasteiger partial charge >= 0.3 is 6.09 Å². The van der Waals surface area contributed by atoms with Crippen LogP contribution in [-0.2, 0) is 4.74 Å². The molecule has 1 amide bonds. The average molecular weight is 282 g/mol. The predicted molar refractivity (Wildman–Crippen MR) is 80.8 cm³/mol. The van der Waals surface area contributed by atoms with E-state index in [1.54, 1.807) is 0 Å². The number of hydrogen-bond donors (Lipinski definition) is 1. The lowest BCUT2D eigenvalue weighted by atomic mass is 10.1. The Labute approximate surface area is 123 Å². The Morgan fingerprint density at radius 3 is 2.50 bits per heavy atom. The van der Waals surface area contributed by atoms with Crippen molar-refractivity contribution < 1.29 is 9.53 Å². The van der Waals surface area contributed by atoms with Crippen molar-refractivity contribution in [3.05, 3.63) is 0 Å². The van der Waals surface area contributed by atoms with Crippen LogP contribution in [0.15, 0.2) is 0 Å². The van der Waals surface area contributed by atoms with Gasteiger partial charge in [0.25, 0.3) is 0 Å². The van der Waals surface area contributed by atoms with Gasteiger partial charge in [-0.2, -0.15) is 0 Å². The summed E-state index contributed by atoms with van der Waals surface area (Å²) in [6, 6.07) is 1.19. The maximum atomic E-state index is 12.1. The van der Waals surface area contributed by atoms with Crippen LogP contribution in [0.5, 0.6) is 0 Å². The van der Waals surface area contributed by atoms with Crippen molar-refractivity contribution in [3.63, 3.8) is 0 Å². The molecule has 0 aromatic carbocycles. The van der Waals surface area contributed by atoms with Gasteiger partial charge in [0.2, 0.25) is 0 Å². The van der Waals surface area contributed by atoms with Crippen molar-refractivity contribution in [2.75, 3.05) is 13.1 Å². The van der Waals surface area contributed by atoms with E-state index in [0.29, 0.717) is 12.1 Å². The van der Waals surface area contributed by atoms with Crippen molar-refractivity contribution in [2.24, 2.45) is 5.92 Å². The average Bonchev–Trinajstić information content (AvgIpc) is 3.14. The topological polar surface area (TPSA) is 41.6 Å². The fourth-order valence-electron chi connectivity index (χ4n) is 2.88. The van der Waals surface area contributed by atoms with Gasteiger partial charge in [0.05, 0.1) is 0 Å². The lowest BCUT2D eigenvalue weighted by Crippen LogP contribution is -2.40. The molecule has 2 aliphatic rings. The van der Waals surface area contributed by atoms with Gasteiger partial charge < -0.3 is 15.0 Å². The first-order chi connectivity index (χ1) is 9.35. The number of nitrogens with zero attached hydrogens (tertiary/aromatic N) is 1. The van der Waals surface area contributed by atoms with Crippen LogP contribution in [0.25, 0.3) is 0 Å². The molecule has 2 atom stereocenters. The van der Waals surface area contributed by atoms with E-state index in [1.165, 1.54) is 12.8 Å². The molecule has 1 N–H and O–H groups in total. The highest BCUT2D eigenvalue weighted by atomic mass is 16.6. The zero-order valence-electron chi connectivity index (χ0n) is 13.4. The minimum atomic E-state index is -0.401. The van der Waals surface area contributed by atoms with Crippen LogP contribution in [0.1, 0.15) is 59.8 Å². The molecule has 0 aromatic rings. The fourth-order valence-corrected chi connectivity index (χ4v) is 2.88. The molecule has 2 rings (SSSR count). The highest BCUT2D eigenvalue weighted by Crippen LogP contribution is 2.33. The van der Waals surface area contributed by atoms with Crippen molar-refractivity contribution in [2.45, 2.75) is 77.5 Å². The number of carbonyl (C=O) groups excluding carboxylic acids is 1. The second-order valence-electron chi connectivity index (χ2n) is 7.39. The Morgan fingerprint density at radius 1 is 1.20 bits per heavy atom. The van der Waals surface area contributed by atoms with Gasteiger partial charge in [-0.15, -0.1) is 0 Å². The third kappa shape index (κ3) is 4.97. The number of amides is 1. The second kappa shape index (κ2) is 6.33. The van der Waals surface area contributed by atoms with Crippen molar-refractivity contribution in [3.8, 4) is 0 Å². The minimum absolute atomic E-state index is 0.159. The van der Waals surface area contributed by atoms with Gasteiger partial charge in [-0.05, 0) is 65.7 Å². The zero-order valence-corrected chi connectivity index (χ0v) is 13.4. The van der Waals surface area contributed by atoms with Crippen LogP contribution in [-0.4, -0.2) is 41.8 Å². The van der Waals surface area contributed by atoms with Crippen LogP contribution >= 0.6 is 0 Å². The molecule has 1 saturated carbocycles. The number of rotatable bonds is 3. The molecule has 0 radical (unpaired) electrons. The summed E-state index contributed by atoms with van der Waals surface area (Å²) in [6.45, 7) is 9.70. The summed E-state index contributed by atoms with van der Waals surface area (Å²) in [5.41, 5.74) is -0.401. The molecular formula is C16H30N2O2. The van der Waals surface area contributed by atoms with Gasteiger partial charge in [-0.3, -0.25) is 0 Å². The molecule has 1 saturated heterocycles. The second-order valence-corrected chi connectivity index (χ2v) is 7.39. The van der Waals surface area contributed by atoms with E-state index < -0.39 is 5.60 Å². The summed E-state index contributed by atoms with van der Waals surface area (Å²) in [5.74, 6) is 0.889. The summed E-state index contributed by atoms with van der Waals surface area (Å²) in [4.78, 5) is 14.0. The monoisotopic (exact) mass is 282 g/mol. The van der Waals surface area contributed by atoms with Gasteiger partial charge in [-0.1, -0.05) is 0 Å². The van der Waals surface area contributed by atoms with E-state index in [4.69, 9.17) is 4.74 Å². The van der Waals surface area contributed by atoms with E-state index >= 15 is 0 Å². The molecule has 1 heterocycles. The molecule has 1 aliphatic heterocycles. The van der Waals surface area contributed by atoms with Crippen molar-refractivity contribution >= 4 is 6.09 Å². The maximum Gasteiger partial charge on any atom is 0.410 e. The fraction of sp³-hybridized carbons (Fsp3) is 0.938. The predicted octanol–water partition coefficient (Wildman–Crippen LogP) is 3.16. The molecule has 4 nitrogen and oxygen atoms in total. The van der Waals surface area contributed by atoms with Gasteiger partial charge in [0.15, 0.2) is 0 Å². The molecule has 1 aliphatic carbocycles. The Balaban J connectivity index is 1.77. The Bertz CT molecular complexity index is 334. The third-order valence-corrected chi connectivity index (χ3v) is 4.21. The molecule has 116 valence electrons.